The van der Waals surface area contributed by atoms with Gasteiger partial charge in [0.1, 0.15) is 5.69 Å². The van der Waals surface area contributed by atoms with Crippen molar-refractivity contribution in [3.8, 4) is 0 Å². The molecule has 0 radical (unpaired) electrons. The van der Waals surface area contributed by atoms with Crippen LogP contribution in [-0.4, -0.2) is 28.7 Å². The van der Waals surface area contributed by atoms with Crippen LogP contribution in [-0.2, 0) is 6.54 Å². The number of unbranched alkanes of at least 4 members (excludes halogenated alkanes) is 2. The first-order chi connectivity index (χ1) is 8.69. The number of carbonyl (C=O) groups excluding carboxylic acids is 1. The highest BCUT2D eigenvalue weighted by Crippen LogP contribution is 2.15. The molecule has 2 N–H and O–H groups in total. The van der Waals surface area contributed by atoms with Crippen molar-refractivity contribution in [2.45, 2.75) is 39.2 Å². The lowest BCUT2D eigenvalue weighted by Gasteiger charge is -2.08. The summed E-state index contributed by atoms with van der Waals surface area (Å²) in [6, 6.07) is 1.85. The van der Waals surface area contributed by atoms with Crippen molar-refractivity contribution in [2.75, 3.05) is 13.2 Å². The molecule has 102 valence electrons. The average Bonchev–Trinajstić information content (AvgIpc) is 2.70. The summed E-state index contributed by atoms with van der Waals surface area (Å²) in [5, 5.41) is 11.6. The topological polar surface area (TPSA) is 54.3 Å². The van der Waals surface area contributed by atoms with Crippen molar-refractivity contribution < 1.29 is 9.90 Å². The first-order valence-corrected chi connectivity index (χ1v) is 7.23. The van der Waals surface area contributed by atoms with E-state index in [9.17, 15) is 4.79 Å². The lowest BCUT2D eigenvalue weighted by molar-refractivity contribution is 0.0943. The molecule has 0 saturated carbocycles. The van der Waals surface area contributed by atoms with Crippen molar-refractivity contribution in [1.29, 1.82) is 0 Å². The predicted octanol–water partition coefficient (Wildman–Crippen LogP) is 2.55. The fourth-order valence-electron chi connectivity index (χ4n) is 1.80. The summed E-state index contributed by atoms with van der Waals surface area (Å²) in [6.07, 6.45) is 5.58. The number of aliphatic hydroxyl groups excluding tert-OH is 1. The maximum atomic E-state index is 12.0. The van der Waals surface area contributed by atoms with Crippen molar-refractivity contribution in [3.05, 3.63) is 22.4 Å². The van der Waals surface area contributed by atoms with E-state index in [1.165, 1.54) is 0 Å². The lowest BCUT2D eigenvalue weighted by atomic mass is 10.2. The predicted molar refractivity (Wildman–Crippen MR) is 75.7 cm³/mol. The molecule has 0 atom stereocenters. The van der Waals surface area contributed by atoms with Gasteiger partial charge in [-0.15, -0.1) is 0 Å². The van der Waals surface area contributed by atoms with Crippen LogP contribution in [0.15, 0.2) is 16.7 Å². The molecule has 5 heteroatoms. The van der Waals surface area contributed by atoms with Crippen LogP contribution in [0.1, 0.15) is 43.1 Å². The highest BCUT2D eigenvalue weighted by atomic mass is 79.9. The summed E-state index contributed by atoms with van der Waals surface area (Å²) in [5.41, 5.74) is 0.700. The van der Waals surface area contributed by atoms with Crippen LogP contribution in [0.25, 0.3) is 0 Å². The third kappa shape index (κ3) is 4.82. The number of aryl methyl sites for hydroxylation is 1. The Labute approximate surface area is 117 Å². The molecular formula is C13H21BrN2O2. The second kappa shape index (κ2) is 8.32. The maximum absolute atomic E-state index is 12.0. The quantitative estimate of drug-likeness (QED) is 0.724. The van der Waals surface area contributed by atoms with Gasteiger partial charge in [-0.25, -0.2) is 0 Å². The Hall–Kier alpha value is -0.810. The Kier molecular flexibility index (Phi) is 7.05. The van der Waals surface area contributed by atoms with Gasteiger partial charge in [0.2, 0.25) is 0 Å². The summed E-state index contributed by atoms with van der Waals surface area (Å²) < 4.78 is 2.90. The Morgan fingerprint density at radius 1 is 1.44 bits per heavy atom. The third-order valence-electron chi connectivity index (χ3n) is 2.68. The summed E-state index contributed by atoms with van der Waals surface area (Å²) in [6.45, 7) is 3.82. The number of rotatable bonds is 8. The Morgan fingerprint density at radius 2 is 2.22 bits per heavy atom. The van der Waals surface area contributed by atoms with E-state index >= 15 is 0 Å². The summed E-state index contributed by atoms with van der Waals surface area (Å²) in [4.78, 5) is 12.0. The van der Waals surface area contributed by atoms with Crippen molar-refractivity contribution in [2.24, 2.45) is 0 Å². The van der Waals surface area contributed by atoms with E-state index in [1.54, 1.807) is 0 Å². The van der Waals surface area contributed by atoms with Gasteiger partial charge in [-0.05, 0) is 47.7 Å². The van der Waals surface area contributed by atoms with Crippen LogP contribution < -0.4 is 5.32 Å². The largest absolute Gasteiger partial charge is 0.396 e. The molecule has 0 bridgehead atoms. The molecule has 0 aliphatic heterocycles. The third-order valence-corrected chi connectivity index (χ3v) is 3.11. The van der Waals surface area contributed by atoms with E-state index in [-0.39, 0.29) is 12.5 Å². The van der Waals surface area contributed by atoms with Crippen molar-refractivity contribution >= 4 is 21.8 Å². The molecule has 18 heavy (non-hydrogen) atoms. The molecule has 0 unspecified atom stereocenters. The van der Waals surface area contributed by atoms with Gasteiger partial charge >= 0.3 is 0 Å². The number of hydrogen-bond acceptors (Lipinski definition) is 2. The highest BCUT2D eigenvalue weighted by Gasteiger charge is 2.11. The molecule has 1 rings (SSSR count). The molecule has 0 aliphatic carbocycles. The van der Waals surface area contributed by atoms with Crippen LogP contribution in [0.2, 0.25) is 0 Å². The van der Waals surface area contributed by atoms with Gasteiger partial charge in [0.25, 0.3) is 5.91 Å². The van der Waals surface area contributed by atoms with Gasteiger partial charge in [-0.3, -0.25) is 4.79 Å². The normalized spacial score (nSPS) is 10.6. The fraction of sp³-hybridized carbons (Fsp3) is 0.615. The summed E-state index contributed by atoms with van der Waals surface area (Å²) in [5.74, 6) is -0.0295. The molecule has 0 saturated heterocycles. The number of nitrogens with zero attached hydrogens (tertiary/aromatic N) is 1. The summed E-state index contributed by atoms with van der Waals surface area (Å²) in [7, 11) is 0. The molecule has 1 aromatic heterocycles. The fourth-order valence-corrected chi connectivity index (χ4v) is 2.26. The van der Waals surface area contributed by atoms with E-state index in [1.807, 2.05) is 16.8 Å². The minimum absolute atomic E-state index is 0.0295. The number of aliphatic hydroxyl groups is 1. The second-order valence-electron chi connectivity index (χ2n) is 4.28. The van der Waals surface area contributed by atoms with E-state index in [2.05, 4.69) is 28.2 Å². The van der Waals surface area contributed by atoms with Gasteiger partial charge < -0.3 is 15.0 Å². The van der Waals surface area contributed by atoms with E-state index in [0.29, 0.717) is 12.2 Å². The SMILES string of the molecule is CCCn1cc(Br)cc1C(=O)NCCCCCO. The second-order valence-corrected chi connectivity index (χ2v) is 5.19. The molecule has 0 aliphatic rings. The van der Waals surface area contributed by atoms with Gasteiger partial charge in [0, 0.05) is 30.4 Å². The molecule has 0 aromatic carbocycles. The number of amides is 1. The van der Waals surface area contributed by atoms with E-state index < -0.39 is 0 Å². The monoisotopic (exact) mass is 316 g/mol. The van der Waals surface area contributed by atoms with Gasteiger partial charge in [-0.2, -0.15) is 0 Å². The Morgan fingerprint density at radius 3 is 2.89 bits per heavy atom. The molecule has 4 nitrogen and oxygen atoms in total. The molecule has 1 amide bonds. The Bertz CT molecular complexity index is 377. The van der Waals surface area contributed by atoms with Crippen LogP contribution in [0.4, 0.5) is 0 Å². The van der Waals surface area contributed by atoms with Crippen LogP contribution in [0, 0.1) is 0 Å². The molecule has 1 aromatic rings. The first-order valence-electron chi connectivity index (χ1n) is 6.43. The molecular weight excluding hydrogens is 296 g/mol. The number of nitrogens with one attached hydrogen (secondary N) is 1. The number of aromatic nitrogens is 1. The van der Waals surface area contributed by atoms with Crippen LogP contribution in [0.3, 0.4) is 0 Å². The zero-order chi connectivity index (χ0) is 13.4. The zero-order valence-corrected chi connectivity index (χ0v) is 12.4. The Balaban J connectivity index is 2.45. The number of hydrogen-bond donors (Lipinski definition) is 2. The first kappa shape index (κ1) is 15.2. The van der Waals surface area contributed by atoms with E-state index in [4.69, 9.17) is 5.11 Å². The zero-order valence-electron chi connectivity index (χ0n) is 10.8. The lowest BCUT2D eigenvalue weighted by Crippen LogP contribution is -2.26. The standard InChI is InChI=1S/C13H21BrN2O2/c1-2-7-16-10-11(14)9-12(16)13(18)15-6-4-3-5-8-17/h9-10,17H,2-8H2,1H3,(H,15,18). The minimum atomic E-state index is -0.0295. The molecule has 0 fully saturated rings. The smallest absolute Gasteiger partial charge is 0.267 e. The maximum Gasteiger partial charge on any atom is 0.267 e. The van der Waals surface area contributed by atoms with Crippen molar-refractivity contribution in [3.63, 3.8) is 0 Å². The van der Waals surface area contributed by atoms with Crippen LogP contribution >= 0.6 is 15.9 Å². The van der Waals surface area contributed by atoms with Crippen LogP contribution in [0.5, 0.6) is 0 Å². The van der Waals surface area contributed by atoms with Gasteiger partial charge in [-0.1, -0.05) is 6.92 Å². The number of carbonyl (C=O) groups is 1. The number of halogens is 1. The molecule has 1 heterocycles. The summed E-state index contributed by atoms with van der Waals surface area (Å²) >= 11 is 3.40. The minimum Gasteiger partial charge on any atom is -0.396 e. The molecule has 0 spiro atoms. The van der Waals surface area contributed by atoms with E-state index in [0.717, 1.165) is 36.7 Å². The van der Waals surface area contributed by atoms with Gasteiger partial charge in [0.15, 0.2) is 0 Å². The average molecular weight is 317 g/mol. The highest BCUT2D eigenvalue weighted by molar-refractivity contribution is 9.10. The van der Waals surface area contributed by atoms with Gasteiger partial charge in [0.05, 0.1) is 0 Å². The van der Waals surface area contributed by atoms with Crippen molar-refractivity contribution in [1.82, 2.24) is 9.88 Å².